The topological polar surface area (TPSA) is 124 Å². The summed E-state index contributed by atoms with van der Waals surface area (Å²) in [6, 6.07) is 5.29. The molecule has 0 aliphatic carbocycles. The Morgan fingerprint density at radius 3 is 1.56 bits per heavy atom. The summed E-state index contributed by atoms with van der Waals surface area (Å²) in [5.41, 5.74) is -3.14. The van der Waals surface area contributed by atoms with Gasteiger partial charge in [-0.25, -0.2) is 9.97 Å². The number of anilines is 1. The molecule has 0 fully saturated rings. The van der Waals surface area contributed by atoms with Gasteiger partial charge in [0, 0.05) is 17.8 Å². The van der Waals surface area contributed by atoms with Crippen LogP contribution in [-0.2, 0) is 12.4 Å². The van der Waals surface area contributed by atoms with Crippen molar-refractivity contribution in [3.05, 3.63) is 83.1 Å². The van der Waals surface area contributed by atoms with E-state index < -0.39 is 55.0 Å². The summed E-state index contributed by atoms with van der Waals surface area (Å²) in [6.07, 6.45) is -9.07. The van der Waals surface area contributed by atoms with Crippen LogP contribution in [-0.4, -0.2) is 26.9 Å². The van der Waals surface area contributed by atoms with Crippen LogP contribution in [0.5, 0.6) is 0 Å². The third-order valence-electron chi connectivity index (χ3n) is 5.04. The van der Waals surface area contributed by atoms with E-state index in [9.17, 15) is 46.6 Å². The average molecular weight is 617 g/mol. The monoisotopic (exact) mass is 615 g/mol. The van der Waals surface area contributed by atoms with E-state index in [0.717, 1.165) is 36.4 Å². The van der Waals surface area contributed by atoms with Crippen molar-refractivity contribution in [3.8, 4) is 0 Å². The fourth-order valence-corrected chi connectivity index (χ4v) is 4.22. The Morgan fingerprint density at radius 2 is 1.15 bits per heavy atom. The van der Waals surface area contributed by atoms with Crippen LogP contribution >= 0.6 is 34.8 Å². The van der Waals surface area contributed by atoms with Crippen LogP contribution in [0.2, 0.25) is 15.3 Å². The van der Waals surface area contributed by atoms with E-state index in [2.05, 4.69) is 15.3 Å². The molecule has 0 aliphatic heterocycles. The lowest BCUT2D eigenvalue weighted by molar-refractivity contribution is -0.384. The first kappa shape index (κ1) is 29.9. The molecule has 1 N–H and O–H groups in total. The molecule has 0 saturated carbocycles. The standard InChI is InChI=1S/C11H7ClF3N3O2.C10H3Cl2F3N2O2/c1-16-8-6-3-2-5(11(13,14)15)4-7(6)17-10(12)9(8)18(19)20;11-7-5-2-1-4(10(13,14)15)3-6(5)16-9(12)8(7)17(18)19/h2-4H,1H3,(H,16,17);1-3H. The van der Waals surface area contributed by atoms with Crippen molar-refractivity contribution in [1.29, 1.82) is 0 Å². The summed E-state index contributed by atoms with van der Waals surface area (Å²) in [6.45, 7) is 0. The highest BCUT2D eigenvalue weighted by Gasteiger charge is 2.33. The maximum atomic E-state index is 12.6. The molecule has 0 amide bonds. The van der Waals surface area contributed by atoms with Crippen molar-refractivity contribution in [1.82, 2.24) is 9.97 Å². The van der Waals surface area contributed by atoms with Crippen LogP contribution in [0, 0.1) is 20.2 Å². The van der Waals surface area contributed by atoms with E-state index in [-0.39, 0.29) is 32.5 Å². The van der Waals surface area contributed by atoms with Crippen LogP contribution < -0.4 is 5.32 Å². The Kier molecular flexibility index (Phi) is 8.29. The Hall–Kier alpha value is -3.69. The summed E-state index contributed by atoms with van der Waals surface area (Å²) in [7, 11) is 1.41. The third-order valence-corrected chi connectivity index (χ3v) is 5.95. The number of pyridine rings is 2. The number of hydrogen-bond acceptors (Lipinski definition) is 7. The van der Waals surface area contributed by atoms with Gasteiger partial charge in [-0.2, -0.15) is 26.3 Å². The fraction of sp³-hybridized carbons (Fsp3) is 0.143. The molecule has 0 aliphatic rings. The minimum atomic E-state index is -4.55. The van der Waals surface area contributed by atoms with Crippen molar-refractivity contribution in [3.63, 3.8) is 0 Å². The first-order valence-corrected chi connectivity index (χ1v) is 11.1. The van der Waals surface area contributed by atoms with E-state index in [1.54, 1.807) is 0 Å². The number of aromatic nitrogens is 2. The molecule has 18 heteroatoms. The number of fused-ring (bicyclic) bond motifs is 2. The molecule has 0 radical (unpaired) electrons. The van der Waals surface area contributed by atoms with Crippen molar-refractivity contribution in [2.24, 2.45) is 0 Å². The molecule has 206 valence electrons. The van der Waals surface area contributed by atoms with Gasteiger partial charge in [0.05, 0.1) is 32.0 Å². The van der Waals surface area contributed by atoms with Gasteiger partial charge >= 0.3 is 23.7 Å². The molecule has 0 bridgehead atoms. The number of nitro groups is 2. The Morgan fingerprint density at radius 1 is 0.744 bits per heavy atom. The molecule has 4 aromatic rings. The molecular weight excluding hydrogens is 607 g/mol. The quantitative estimate of drug-likeness (QED) is 0.106. The zero-order valence-corrected chi connectivity index (χ0v) is 21.1. The average Bonchev–Trinajstić information content (AvgIpc) is 2.81. The maximum Gasteiger partial charge on any atom is 0.416 e. The number of hydrogen-bond donors (Lipinski definition) is 1. The van der Waals surface area contributed by atoms with E-state index in [1.165, 1.54) is 7.05 Å². The number of rotatable bonds is 3. The van der Waals surface area contributed by atoms with E-state index >= 15 is 0 Å². The molecule has 4 rings (SSSR count). The lowest BCUT2D eigenvalue weighted by Gasteiger charge is -2.11. The van der Waals surface area contributed by atoms with Crippen molar-refractivity contribution >= 4 is 73.7 Å². The van der Waals surface area contributed by atoms with Gasteiger partial charge in [-0.1, -0.05) is 40.9 Å². The molecule has 0 atom stereocenters. The predicted octanol–water partition coefficient (Wildman–Crippen LogP) is 8.33. The minimum absolute atomic E-state index is 0.0266. The molecule has 9 nitrogen and oxygen atoms in total. The van der Waals surface area contributed by atoms with Gasteiger partial charge in [0.15, 0.2) is 0 Å². The van der Waals surface area contributed by atoms with Crippen molar-refractivity contribution < 1.29 is 36.2 Å². The molecule has 2 aromatic carbocycles. The highest BCUT2D eigenvalue weighted by Crippen LogP contribution is 2.40. The predicted molar refractivity (Wildman–Crippen MR) is 131 cm³/mol. The van der Waals surface area contributed by atoms with Crippen LogP contribution in [0.15, 0.2) is 36.4 Å². The lowest BCUT2D eigenvalue weighted by Crippen LogP contribution is -2.06. The molecule has 2 aromatic heterocycles. The Labute approximate surface area is 227 Å². The van der Waals surface area contributed by atoms with Gasteiger partial charge < -0.3 is 5.32 Å². The normalized spacial score (nSPS) is 11.7. The first-order valence-electron chi connectivity index (χ1n) is 10.00. The minimum Gasteiger partial charge on any atom is -0.382 e. The smallest absolute Gasteiger partial charge is 0.382 e. The SMILES string of the molecule is CNc1c([N+](=O)[O-])c(Cl)nc2cc(C(F)(F)F)ccc12.O=[N+]([O-])c1c(Cl)nc2cc(C(F)(F)F)ccc2c1Cl. The van der Waals surface area contributed by atoms with E-state index in [4.69, 9.17) is 34.8 Å². The van der Waals surface area contributed by atoms with Crippen molar-refractivity contribution in [2.75, 3.05) is 12.4 Å². The lowest BCUT2D eigenvalue weighted by atomic mass is 10.1. The molecule has 0 spiro atoms. The van der Waals surface area contributed by atoms with Crippen LogP contribution in [0.1, 0.15) is 11.1 Å². The number of nitrogens with one attached hydrogen (secondary N) is 1. The Balaban J connectivity index is 0.000000216. The van der Waals surface area contributed by atoms with Gasteiger partial charge in [-0.3, -0.25) is 20.2 Å². The second-order valence-corrected chi connectivity index (χ2v) is 8.51. The number of benzene rings is 2. The van der Waals surface area contributed by atoms with Gasteiger partial charge in [-0.05, 0) is 30.3 Å². The van der Waals surface area contributed by atoms with Crippen molar-refractivity contribution in [2.45, 2.75) is 12.4 Å². The zero-order valence-electron chi connectivity index (χ0n) is 18.8. The first-order chi connectivity index (χ1) is 18.0. The highest BCUT2D eigenvalue weighted by molar-refractivity contribution is 6.41. The van der Waals surface area contributed by atoms with E-state index in [1.807, 2.05) is 0 Å². The second kappa shape index (κ2) is 10.8. The van der Waals surface area contributed by atoms with Gasteiger partial charge in [0.25, 0.3) is 0 Å². The number of nitrogens with zero attached hydrogens (tertiary/aromatic N) is 4. The summed E-state index contributed by atoms with van der Waals surface area (Å²) >= 11 is 17.0. The molecular formula is C21H10Cl3F6N5O4. The summed E-state index contributed by atoms with van der Waals surface area (Å²) in [4.78, 5) is 27.3. The molecule has 0 unspecified atom stereocenters. The van der Waals surface area contributed by atoms with Crippen LogP contribution in [0.3, 0.4) is 0 Å². The second-order valence-electron chi connectivity index (χ2n) is 7.42. The third kappa shape index (κ3) is 6.15. The highest BCUT2D eigenvalue weighted by atomic mass is 35.5. The maximum absolute atomic E-state index is 12.6. The Bertz CT molecular complexity index is 1630. The van der Waals surface area contributed by atoms with Crippen LogP contribution in [0.25, 0.3) is 21.8 Å². The largest absolute Gasteiger partial charge is 0.416 e. The summed E-state index contributed by atoms with van der Waals surface area (Å²) in [5, 5.41) is 23.1. The van der Waals surface area contributed by atoms with E-state index in [0.29, 0.717) is 0 Å². The number of alkyl halides is 6. The van der Waals surface area contributed by atoms with Gasteiger partial charge in [-0.15, -0.1) is 0 Å². The molecule has 0 saturated heterocycles. The van der Waals surface area contributed by atoms with Crippen LogP contribution in [0.4, 0.5) is 43.4 Å². The summed E-state index contributed by atoms with van der Waals surface area (Å²) < 4.78 is 75.4. The fourth-order valence-electron chi connectivity index (χ4n) is 3.34. The zero-order chi connectivity index (χ0) is 29.4. The molecule has 2 heterocycles. The summed E-state index contributed by atoms with van der Waals surface area (Å²) in [5.74, 6) is 0. The number of halogens is 9. The van der Waals surface area contributed by atoms with Gasteiger partial charge in [0.2, 0.25) is 10.3 Å². The molecule has 39 heavy (non-hydrogen) atoms. The van der Waals surface area contributed by atoms with Gasteiger partial charge in [0.1, 0.15) is 10.7 Å².